The number of allylic oxidation sites excluding steroid dienone is 2. The summed E-state index contributed by atoms with van der Waals surface area (Å²) < 4.78 is 11.8. The number of nitrogens with zero attached hydrogens (tertiary/aromatic N) is 1. The Bertz CT molecular complexity index is 882. The first-order valence-electron chi connectivity index (χ1n) is 11.6. The van der Waals surface area contributed by atoms with Crippen LogP contribution in [0.3, 0.4) is 0 Å². The molecule has 1 saturated carbocycles. The summed E-state index contributed by atoms with van der Waals surface area (Å²) in [7, 11) is 0. The highest BCUT2D eigenvalue weighted by molar-refractivity contribution is 7.11. The minimum Gasteiger partial charge on any atom is -0.348 e. The number of amides is 1. The van der Waals surface area contributed by atoms with Crippen molar-refractivity contribution in [3.05, 3.63) is 28.0 Å². The summed E-state index contributed by atoms with van der Waals surface area (Å²) in [5.41, 5.74) is 2.37. The highest BCUT2D eigenvalue weighted by atomic mass is 32.1. The average Bonchev–Trinajstić information content (AvgIpc) is 3.38. The van der Waals surface area contributed by atoms with E-state index < -0.39 is 5.79 Å². The van der Waals surface area contributed by atoms with Gasteiger partial charge in [0.1, 0.15) is 0 Å². The van der Waals surface area contributed by atoms with Crippen molar-refractivity contribution in [3.8, 4) is 11.8 Å². The Morgan fingerprint density at radius 2 is 1.90 bits per heavy atom. The summed E-state index contributed by atoms with van der Waals surface area (Å²) in [6.07, 6.45) is 8.59. The Morgan fingerprint density at radius 3 is 2.52 bits per heavy atom. The van der Waals surface area contributed by atoms with Crippen LogP contribution in [0.25, 0.3) is 0 Å². The summed E-state index contributed by atoms with van der Waals surface area (Å²) in [5.74, 6) is 6.56. The maximum Gasteiger partial charge on any atom is 0.230 e. The van der Waals surface area contributed by atoms with Crippen molar-refractivity contribution in [2.45, 2.75) is 84.5 Å². The van der Waals surface area contributed by atoms with Gasteiger partial charge in [-0.25, -0.2) is 0 Å². The Morgan fingerprint density at radius 1 is 1.19 bits per heavy atom. The van der Waals surface area contributed by atoms with E-state index in [1.807, 2.05) is 0 Å². The van der Waals surface area contributed by atoms with Crippen molar-refractivity contribution in [3.63, 3.8) is 0 Å². The van der Waals surface area contributed by atoms with Crippen LogP contribution in [0.1, 0.15) is 77.5 Å². The maximum atomic E-state index is 13.7. The van der Waals surface area contributed by atoms with E-state index in [1.165, 1.54) is 5.57 Å². The van der Waals surface area contributed by atoms with Gasteiger partial charge in [-0.3, -0.25) is 4.79 Å². The van der Waals surface area contributed by atoms with Crippen molar-refractivity contribution in [1.29, 1.82) is 0 Å². The second kappa shape index (κ2) is 9.10. The zero-order valence-corrected chi connectivity index (χ0v) is 20.1. The monoisotopic (exact) mass is 441 g/mol. The molecule has 1 amide bonds. The fourth-order valence-corrected chi connectivity index (χ4v) is 5.49. The average molecular weight is 442 g/mol. The van der Waals surface area contributed by atoms with Gasteiger partial charge in [0.05, 0.1) is 23.8 Å². The van der Waals surface area contributed by atoms with Gasteiger partial charge in [0.15, 0.2) is 5.79 Å². The molecule has 2 heterocycles. The summed E-state index contributed by atoms with van der Waals surface area (Å²) in [6.45, 7) is 9.89. The Balaban J connectivity index is 1.56. The predicted molar refractivity (Wildman–Crippen MR) is 126 cm³/mol. The van der Waals surface area contributed by atoms with Gasteiger partial charge in [0, 0.05) is 35.6 Å². The van der Waals surface area contributed by atoms with Gasteiger partial charge in [0.25, 0.3) is 0 Å². The molecular weight excluding hydrogens is 406 g/mol. The molecule has 1 spiro atoms. The van der Waals surface area contributed by atoms with Crippen molar-refractivity contribution >= 4 is 22.9 Å². The van der Waals surface area contributed by atoms with E-state index in [0.717, 1.165) is 55.5 Å². The molecule has 168 valence electrons. The topological polar surface area (TPSA) is 38.8 Å². The van der Waals surface area contributed by atoms with Gasteiger partial charge >= 0.3 is 0 Å². The fraction of sp³-hybridized carbons (Fsp3) is 0.654. The Hall–Kier alpha value is -1.61. The molecule has 0 aromatic carbocycles. The first kappa shape index (κ1) is 22.6. The molecule has 1 saturated heterocycles. The van der Waals surface area contributed by atoms with Crippen LogP contribution in [-0.2, 0) is 14.3 Å². The quantitative estimate of drug-likeness (QED) is 0.432. The molecule has 2 aliphatic carbocycles. The highest BCUT2D eigenvalue weighted by Crippen LogP contribution is 2.40. The summed E-state index contributed by atoms with van der Waals surface area (Å²) in [6, 6.07) is 2.30. The minimum atomic E-state index is -0.409. The van der Waals surface area contributed by atoms with Crippen molar-refractivity contribution < 1.29 is 14.3 Å². The molecule has 0 bridgehead atoms. The molecular formula is C26H35NO3S. The molecule has 4 nitrogen and oxygen atoms in total. The second-order valence-electron chi connectivity index (χ2n) is 10.2. The molecule has 5 heteroatoms. The molecule has 3 aliphatic rings. The molecule has 1 aromatic heterocycles. The lowest BCUT2D eigenvalue weighted by atomic mass is 9.85. The van der Waals surface area contributed by atoms with Crippen LogP contribution < -0.4 is 4.90 Å². The van der Waals surface area contributed by atoms with E-state index in [9.17, 15) is 4.79 Å². The van der Waals surface area contributed by atoms with E-state index in [0.29, 0.717) is 13.2 Å². The Labute approximate surface area is 191 Å². The van der Waals surface area contributed by atoms with Crippen molar-refractivity contribution in [1.82, 2.24) is 0 Å². The summed E-state index contributed by atoms with van der Waals surface area (Å²) >= 11 is 1.64. The largest absolute Gasteiger partial charge is 0.348 e. The van der Waals surface area contributed by atoms with Crippen LogP contribution in [0, 0.1) is 23.2 Å². The van der Waals surface area contributed by atoms with Gasteiger partial charge in [-0.2, -0.15) is 0 Å². The van der Waals surface area contributed by atoms with E-state index in [2.05, 4.69) is 62.0 Å². The van der Waals surface area contributed by atoms with Crippen LogP contribution in [0.2, 0.25) is 0 Å². The van der Waals surface area contributed by atoms with Crippen LogP contribution in [0.15, 0.2) is 23.1 Å². The first-order chi connectivity index (χ1) is 14.7. The molecule has 31 heavy (non-hydrogen) atoms. The number of ether oxygens (including phenoxy) is 2. The lowest BCUT2D eigenvalue weighted by Crippen LogP contribution is -2.48. The second-order valence-corrected chi connectivity index (χ2v) is 11.1. The van der Waals surface area contributed by atoms with Crippen molar-refractivity contribution in [2.75, 3.05) is 18.1 Å². The first-order valence-corrected chi connectivity index (χ1v) is 12.5. The van der Waals surface area contributed by atoms with Gasteiger partial charge in [-0.1, -0.05) is 23.5 Å². The number of hydrogen-bond donors (Lipinski definition) is 0. The van der Waals surface area contributed by atoms with Gasteiger partial charge in [-0.15, -0.1) is 11.3 Å². The number of carbonyl (C=O) groups is 1. The van der Waals surface area contributed by atoms with Crippen LogP contribution in [-0.4, -0.2) is 30.9 Å². The SMILES string of the molecule is CC1=CCC(C(=O)N(c2csc(C#CC(C)(C)C)c2)C2CCC3(CC2)OCCO3)CC1. The normalized spacial score (nSPS) is 23.9. The van der Waals surface area contributed by atoms with E-state index >= 15 is 0 Å². The summed E-state index contributed by atoms with van der Waals surface area (Å²) in [5, 5.41) is 2.11. The van der Waals surface area contributed by atoms with E-state index in [-0.39, 0.29) is 23.3 Å². The third-order valence-corrected chi connectivity index (χ3v) is 7.38. The highest BCUT2D eigenvalue weighted by Gasteiger charge is 2.43. The van der Waals surface area contributed by atoms with Gasteiger partial charge < -0.3 is 14.4 Å². The molecule has 0 radical (unpaired) electrons. The van der Waals surface area contributed by atoms with Crippen LogP contribution in [0.5, 0.6) is 0 Å². The standard InChI is InChI=1S/C26H35NO3S/c1-19-5-7-20(8-6-19)24(28)27(21-9-13-26(14-10-21)29-15-16-30-26)22-17-23(31-18-22)11-12-25(2,3)4/h5,17-18,20-21H,6-10,13-16H2,1-4H3. The lowest BCUT2D eigenvalue weighted by molar-refractivity contribution is -0.179. The van der Waals surface area contributed by atoms with E-state index in [4.69, 9.17) is 9.47 Å². The molecule has 1 unspecified atom stereocenters. The third kappa shape index (κ3) is 5.42. The molecule has 1 aromatic rings. The number of rotatable bonds is 3. The smallest absolute Gasteiger partial charge is 0.230 e. The van der Waals surface area contributed by atoms with Crippen LogP contribution >= 0.6 is 11.3 Å². The lowest BCUT2D eigenvalue weighted by Gasteiger charge is -2.41. The van der Waals surface area contributed by atoms with Gasteiger partial charge in [0.2, 0.25) is 5.91 Å². The predicted octanol–water partition coefficient (Wildman–Crippen LogP) is 5.91. The molecule has 1 aliphatic heterocycles. The fourth-order valence-electron chi connectivity index (χ4n) is 4.76. The number of hydrogen-bond acceptors (Lipinski definition) is 4. The number of anilines is 1. The van der Waals surface area contributed by atoms with Crippen molar-refractivity contribution in [2.24, 2.45) is 11.3 Å². The molecule has 4 rings (SSSR count). The van der Waals surface area contributed by atoms with E-state index in [1.54, 1.807) is 11.3 Å². The maximum absolute atomic E-state index is 13.7. The Kier molecular flexibility index (Phi) is 6.62. The van der Waals surface area contributed by atoms with Gasteiger partial charge in [-0.05, 0) is 65.9 Å². The molecule has 1 atom stereocenters. The number of thiophene rings is 1. The molecule has 0 N–H and O–H groups in total. The van der Waals surface area contributed by atoms with Crippen LogP contribution in [0.4, 0.5) is 5.69 Å². The molecule has 2 fully saturated rings. The minimum absolute atomic E-state index is 0.0368. The zero-order valence-electron chi connectivity index (χ0n) is 19.3. The zero-order chi connectivity index (χ0) is 22.1. The summed E-state index contributed by atoms with van der Waals surface area (Å²) in [4.78, 5) is 16.9. The third-order valence-electron chi connectivity index (χ3n) is 6.54. The number of carbonyl (C=O) groups excluding carboxylic acids is 1.